The highest BCUT2D eigenvalue weighted by Gasteiger charge is 1.91. The summed E-state index contributed by atoms with van der Waals surface area (Å²) in [7, 11) is 0. The van der Waals surface area contributed by atoms with Crippen molar-refractivity contribution in [1.82, 2.24) is 5.32 Å². The molecule has 14 heavy (non-hydrogen) atoms. The van der Waals surface area contributed by atoms with Gasteiger partial charge in [-0.2, -0.15) is 0 Å². The summed E-state index contributed by atoms with van der Waals surface area (Å²) in [4.78, 5) is 10.1. The molecule has 3 nitrogen and oxygen atoms in total. The molecular formula is C10H10FNO2. The lowest BCUT2D eigenvalue weighted by molar-refractivity contribution is -0.131. The quantitative estimate of drug-likeness (QED) is 0.716. The maximum atomic E-state index is 12.5. The fourth-order valence-corrected chi connectivity index (χ4v) is 0.909. The summed E-state index contributed by atoms with van der Waals surface area (Å²) in [5.74, 6) is -1.29. The minimum atomic E-state index is -1.00. The van der Waals surface area contributed by atoms with Gasteiger partial charge in [-0.15, -0.1) is 0 Å². The highest BCUT2D eigenvalue weighted by atomic mass is 19.1. The van der Waals surface area contributed by atoms with Crippen LogP contribution in [0.5, 0.6) is 0 Å². The molecule has 1 aromatic carbocycles. The van der Waals surface area contributed by atoms with Crippen molar-refractivity contribution < 1.29 is 14.3 Å². The summed E-state index contributed by atoms with van der Waals surface area (Å²) < 4.78 is 12.5. The molecule has 1 aromatic rings. The van der Waals surface area contributed by atoms with Crippen LogP contribution in [0.1, 0.15) is 5.56 Å². The summed E-state index contributed by atoms with van der Waals surface area (Å²) in [6, 6.07) is 5.99. The predicted molar refractivity (Wildman–Crippen MR) is 50.0 cm³/mol. The van der Waals surface area contributed by atoms with E-state index in [-0.39, 0.29) is 5.82 Å². The first-order valence-corrected chi connectivity index (χ1v) is 4.06. The van der Waals surface area contributed by atoms with E-state index in [1.807, 2.05) is 0 Å². The van der Waals surface area contributed by atoms with Gasteiger partial charge < -0.3 is 10.4 Å². The first-order valence-electron chi connectivity index (χ1n) is 4.06. The first kappa shape index (κ1) is 10.2. The van der Waals surface area contributed by atoms with Gasteiger partial charge in [0.1, 0.15) is 5.82 Å². The Morgan fingerprint density at radius 3 is 2.64 bits per heavy atom. The molecule has 0 saturated carbocycles. The molecule has 0 radical (unpaired) electrons. The SMILES string of the molecule is O=C(O)/C=C/NCc1ccc(F)cc1. The highest BCUT2D eigenvalue weighted by molar-refractivity contribution is 5.79. The summed E-state index contributed by atoms with van der Waals surface area (Å²) in [5, 5.41) is 11.0. The third kappa shape index (κ3) is 3.71. The van der Waals surface area contributed by atoms with E-state index < -0.39 is 5.97 Å². The number of carboxylic acids is 1. The van der Waals surface area contributed by atoms with Crippen LogP contribution in [0.15, 0.2) is 36.5 Å². The Morgan fingerprint density at radius 1 is 1.43 bits per heavy atom. The van der Waals surface area contributed by atoms with Gasteiger partial charge in [-0.05, 0) is 17.7 Å². The lowest BCUT2D eigenvalue weighted by atomic mass is 10.2. The molecule has 74 valence electrons. The minimum absolute atomic E-state index is 0.283. The number of hydrogen-bond donors (Lipinski definition) is 2. The van der Waals surface area contributed by atoms with Crippen molar-refractivity contribution in [2.45, 2.75) is 6.54 Å². The standard InChI is InChI=1S/C10H10FNO2/c11-9-3-1-8(2-4-9)7-12-6-5-10(13)14/h1-6,12H,7H2,(H,13,14)/b6-5+. The van der Waals surface area contributed by atoms with Crippen LogP contribution in [0, 0.1) is 5.82 Å². The number of carboxylic acid groups (broad SMARTS) is 1. The molecule has 0 fully saturated rings. The number of rotatable bonds is 4. The van der Waals surface area contributed by atoms with Gasteiger partial charge in [0.2, 0.25) is 0 Å². The van der Waals surface area contributed by atoms with E-state index in [4.69, 9.17) is 5.11 Å². The Balaban J connectivity index is 2.39. The molecule has 0 bridgehead atoms. The van der Waals surface area contributed by atoms with Crippen LogP contribution in [-0.2, 0) is 11.3 Å². The van der Waals surface area contributed by atoms with Crippen LogP contribution in [0.2, 0.25) is 0 Å². The molecule has 0 saturated heterocycles. The Kier molecular flexibility index (Phi) is 3.67. The third-order valence-electron chi connectivity index (χ3n) is 1.56. The molecule has 0 heterocycles. The molecule has 0 spiro atoms. The second-order valence-electron chi connectivity index (χ2n) is 2.68. The first-order chi connectivity index (χ1) is 6.68. The van der Waals surface area contributed by atoms with Gasteiger partial charge >= 0.3 is 5.97 Å². The molecule has 2 N–H and O–H groups in total. The van der Waals surface area contributed by atoms with Crippen molar-refractivity contribution >= 4 is 5.97 Å². The lowest BCUT2D eigenvalue weighted by Gasteiger charge is -1.99. The topological polar surface area (TPSA) is 49.3 Å². The van der Waals surface area contributed by atoms with Crippen LogP contribution in [-0.4, -0.2) is 11.1 Å². The zero-order valence-corrected chi connectivity index (χ0v) is 7.40. The average Bonchev–Trinajstić information content (AvgIpc) is 2.15. The Labute approximate surface area is 80.9 Å². The molecule has 0 unspecified atom stereocenters. The number of nitrogens with one attached hydrogen (secondary N) is 1. The maximum absolute atomic E-state index is 12.5. The molecule has 0 aliphatic carbocycles. The van der Waals surface area contributed by atoms with Crippen molar-refractivity contribution in [3.05, 3.63) is 47.9 Å². The number of hydrogen-bond acceptors (Lipinski definition) is 2. The zero-order valence-electron chi connectivity index (χ0n) is 7.40. The molecule has 0 atom stereocenters. The van der Waals surface area contributed by atoms with Crippen molar-refractivity contribution in [2.24, 2.45) is 0 Å². The third-order valence-corrected chi connectivity index (χ3v) is 1.56. The number of carbonyl (C=O) groups is 1. The summed E-state index contributed by atoms with van der Waals surface area (Å²) in [6.07, 6.45) is 2.34. The molecule has 0 aliphatic heterocycles. The molecule has 0 aromatic heterocycles. The van der Waals surface area contributed by atoms with E-state index in [0.717, 1.165) is 11.6 Å². The molecule has 0 aliphatic rings. The number of halogens is 1. The summed E-state index contributed by atoms with van der Waals surface area (Å²) in [6.45, 7) is 0.476. The van der Waals surface area contributed by atoms with Crippen molar-refractivity contribution in [2.75, 3.05) is 0 Å². The van der Waals surface area contributed by atoms with Crippen molar-refractivity contribution in [3.8, 4) is 0 Å². The van der Waals surface area contributed by atoms with Crippen LogP contribution < -0.4 is 5.32 Å². The van der Waals surface area contributed by atoms with E-state index >= 15 is 0 Å². The van der Waals surface area contributed by atoms with Crippen molar-refractivity contribution in [3.63, 3.8) is 0 Å². The smallest absolute Gasteiger partial charge is 0.329 e. The molecule has 1 rings (SSSR count). The second kappa shape index (κ2) is 5.01. The molecule has 0 amide bonds. The number of aliphatic carboxylic acids is 1. The monoisotopic (exact) mass is 195 g/mol. The summed E-state index contributed by atoms with van der Waals surface area (Å²) in [5.41, 5.74) is 0.890. The van der Waals surface area contributed by atoms with Gasteiger partial charge in [0, 0.05) is 18.8 Å². The molecule has 4 heteroatoms. The Hall–Kier alpha value is -1.84. The highest BCUT2D eigenvalue weighted by Crippen LogP contribution is 2.01. The fraction of sp³-hybridized carbons (Fsp3) is 0.100. The van der Waals surface area contributed by atoms with Gasteiger partial charge in [-0.1, -0.05) is 12.1 Å². The van der Waals surface area contributed by atoms with E-state index in [1.54, 1.807) is 12.1 Å². The predicted octanol–water partition coefficient (Wildman–Crippen LogP) is 1.51. The van der Waals surface area contributed by atoms with E-state index in [2.05, 4.69) is 5.32 Å². The molecular weight excluding hydrogens is 185 g/mol. The van der Waals surface area contributed by atoms with Gasteiger partial charge in [-0.3, -0.25) is 0 Å². The van der Waals surface area contributed by atoms with Crippen LogP contribution >= 0.6 is 0 Å². The zero-order chi connectivity index (χ0) is 10.4. The maximum Gasteiger partial charge on any atom is 0.329 e. The minimum Gasteiger partial charge on any atom is -0.478 e. The van der Waals surface area contributed by atoms with Gasteiger partial charge in [0.25, 0.3) is 0 Å². The van der Waals surface area contributed by atoms with Crippen LogP contribution in [0.4, 0.5) is 4.39 Å². The average molecular weight is 195 g/mol. The Bertz CT molecular complexity index is 332. The van der Waals surface area contributed by atoms with E-state index in [0.29, 0.717) is 6.54 Å². The van der Waals surface area contributed by atoms with Crippen molar-refractivity contribution in [1.29, 1.82) is 0 Å². The Morgan fingerprint density at radius 2 is 2.07 bits per heavy atom. The number of benzene rings is 1. The van der Waals surface area contributed by atoms with Crippen LogP contribution in [0.25, 0.3) is 0 Å². The second-order valence-corrected chi connectivity index (χ2v) is 2.68. The fourth-order valence-electron chi connectivity index (χ4n) is 0.909. The normalized spacial score (nSPS) is 10.4. The lowest BCUT2D eigenvalue weighted by Crippen LogP contribution is -2.05. The van der Waals surface area contributed by atoms with Gasteiger partial charge in [0.15, 0.2) is 0 Å². The van der Waals surface area contributed by atoms with Crippen LogP contribution in [0.3, 0.4) is 0 Å². The summed E-state index contributed by atoms with van der Waals surface area (Å²) >= 11 is 0. The van der Waals surface area contributed by atoms with E-state index in [1.165, 1.54) is 18.3 Å². The van der Waals surface area contributed by atoms with E-state index in [9.17, 15) is 9.18 Å². The van der Waals surface area contributed by atoms with Gasteiger partial charge in [0.05, 0.1) is 0 Å². The largest absolute Gasteiger partial charge is 0.478 e. The van der Waals surface area contributed by atoms with Gasteiger partial charge in [-0.25, -0.2) is 9.18 Å².